The molecule has 6 nitrogen and oxygen atoms in total. The van der Waals surface area contributed by atoms with Crippen LogP contribution in [0.25, 0.3) is 6.08 Å². The molecule has 2 aromatic rings. The first kappa shape index (κ1) is 18.2. The van der Waals surface area contributed by atoms with Gasteiger partial charge in [0, 0.05) is 23.9 Å². The first-order valence-corrected chi connectivity index (χ1v) is 7.73. The summed E-state index contributed by atoms with van der Waals surface area (Å²) in [6, 6.07) is 10.7. The van der Waals surface area contributed by atoms with Gasteiger partial charge in [-0.2, -0.15) is 0 Å². The molecule has 0 aliphatic carbocycles. The van der Waals surface area contributed by atoms with Crippen LogP contribution in [0, 0.1) is 0 Å². The van der Waals surface area contributed by atoms with Crippen molar-refractivity contribution in [1.29, 1.82) is 0 Å². The Balaban J connectivity index is 1.88. The van der Waals surface area contributed by atoms with Gasteiger partial charge in [-0.05, 0) is 47.5 Å². The number of rotatable bonds is 7. The minimum Gasteiger partial charge on any atom is -0.493 e. The van der Waals surface area contributed by atoms with Crippen molar-refractivity contribution < 1.29 is 19.0 Å². The third-order valence-electron chi connectivity index (χ3n) is 3.49. The lowest BCUT2D eigenvalue weighted by atomic mass is 10.1. The van der Waals surface area contributed by atoms with Crippen LogP contribution in [-0.4, -0.2) is 26.8 Å². The van der Waals surface area contributed by atoms with Crippen LogP contribution in [0.15, 0.2) is 42.5 Å². The summed E-state index contributed by atoms with van der Waals surface area (Å²) in [6.07, 6.45) is 3.57. The van der Waals surface area contributed by atoms with Crippen LogP contribution in [-0.2, 0) is 16.0 Å². The zero-order chi connectivity index (χ0) is 18.2. The number of hydrogen-bond donors (Lipinski definition) is 2. The van der Waals surface area contributed by atoms with Crippen molar-refractivity contribution in [2.45, 2.75) is 6.42 Å². The molecule has 0 spiro atoms. The number of carbonyl (C=O) groups is 1. The van der Waals surface area contributed by atoms with Gasteiger partial charge in [0.25, 0.3) is 0 Å². The Hall–Kier alpha value is -3.15. The number of carbonyl (C=O) groups excluding carboxylic acids is 1. The molecule has 132 valence electrons. The summed E-state index contributed by atoms with van der Waals surface area (Å²) in [7, 11) is 3.13. The maximum atomic E-state index is 11.8. The number of nitrogen functional groups attached to an aromatic ring is 2. The number of anilines is 2. The van der Waals surface area contributed by atoms with Crippen LogP contribution in [0.1, 0.15) is 11.1 Å². The Labute approximate surface area is 147 Å². The zero-order valence-electron chi connectivity index (χ0n) is 14.3. The minimum atomic E-state index is -0.424. The second-order valence-corrected chi connectivity index (χ2v) is 5.37. The summed E-state index contributed by atoms with van der Waals surface area (Å²) in [5.41, 5.74) is 14.4. The summed E-state index contributed by atoms with van der Waals surface area (Å²) in [6.45, 7) is 0.248. The molecular weight excluding hydrogens is 320 g/mol. The lowest BCUT2D eigenvalue weighted by Crippen LogP contribution is -2.05. The van der Waals surface area contributed by atoms with E-state index in [2.05, 4.69) is 0 Å². The van der Waals surface area contributed by atoms with Crippen LogP contribution in [0.4, 0.5) is 11.4 Å². The molecule has 25 heavy (non-hydrogen) atoms. The summed E-state index contributed by atoms with van der Waals surface area (Å²) in [5.74, 6) is 0.799. The molecule has 0 aliphatic rings. The molecule has 2 aromatic carbocycles. The van der Waals surface area contributed by atoms with E-state index in [4.69, 9.17) is 25.7 Å². The van der Waals surface area contributed by atoms with Gasteiger partial charge >= 0.3 is 5.97 Å². The molecule has 0 unspecified atom stereocenters. The fourth-order valence-corrected chi connectivity index (χ4v) is 2.33. The zero-order valence-corrected chi connectivity index (χ0v) is 14.3. The number of hydrogen-bond acceptors (Lipinski definition) is 6. The van der Waals surface area contributed by atoms with Gasteiger partial charge in [0.15, 0.2) is 11.5 Å². The fraction of sp³-hybridized carbons (Fsp3) is 0.211. The van der Waals surface area contributed by atoms with E-state index in [0.29, 0.717) is 29.3 Å². The molecule has 0 aliphatic heterocycles. The normalized spacial score (nSPS) is 10.6. The van der Waals surface area contributed by atoms with Gasteiger partial charge in [0.1, 0.15) is 0 Å². The number of benzene rings is 2. The molecule has 6 heteroatoms. The van der Waals surface area contributed by atoms with E-state index in [9.17, 15) is 4.79 Å². The van der Waals surface area contributed by atoms with Crippen molar-refractivity contribution in [1.82, 2.24) is 0 Å². The predicted molar refractivity (Wildman–Crippen MR) is 98.5 cm³/mol. The Morgan fingerprint density at radius 1 is 1.00 bits per heavy atom. The highest BCUT2D eigenvalue weighted by atomic mass is 16.5. The van der Waals surface area contributed by atoms with Gasteiger partial charge in [0.05, 0.1) is 20.8 Å². The highest BCUT2D eigenvalue weighted by molar-refractivity contribution is 5.87. The van der Waals surface area contributed by atoms with E-state index < -0.39 is 5.97 Å². The van der Waals surface area contributed by atoms with E-state index in [1.165, 1.54) is 6.08 Å². The molecule has 0 heterocycles. The summed E-state index contributed by atoms with van der Waals surface area (Å²) in [4.78, 5) is 11.8. The van der Waals surface area contributed by atoms with Gasteiger partial charge in [-0.15, -0.1) is 0 Å². The second kappa shape index (κ2) is 8.63. The lowest BCUT2D eigenvalue weighted by Gasteiger charge is -2.07. The average molecular weight is 342 g/mol. The molecule has 0 atom stereocenters. The molecule has 0 saturated heterocycles. The second-order valence-electron chi connectivity index (χ2n) is 5.37. The van der Waals surface area contributed by atoms with E-state index in [1.54, 1.807) is 38.5 Å². The summed E-state index contributed by atoms with van der Waals surface area (Å²) in [5, 5.41) is 0. The van der Waals surface area contributed by atoms with E-state index in [1.807, 2.05) is 18.2 Å². The van der Waals surface area contributed by atoms with Crippen molar-refractivity contribution in [3.63, 3.8) is 0 Å². The van der Waals surface area contributed by atoms with Crippen LogP contribution in [0.3, 0.4) is 0 Å². The number of ether oxygens (including phenoxy) is 3. The maximum Gasteiger partial charge on any atom is 0.330 e. The van der Waals surface area contributed by atoms with Gasteiger partial charge in [-0.3, -0.25) is 0 Å². The molecule has 0 aromatic heterocycles. The summed E-state index contributed by atoms with van der Waals surface area (Å²) < 4.78 is 15.6. The van der Waals surface area contributed by atoms with Gasteiger partial charge in [0.2, 0.25) is 0 Å². The smallest absolute Gasteiger partial charge is 0.330 e. The Kier molecular flexibility index (Phi) is 6.28. The molecular formula is C19H22N2O4. The first-order chi connectivity index (χ1) is 12.0. The average Bonchev–Trinajstić information content (AvgIpc) is 2.58. The third-order valence-corrected chi connectivity index (χ3v) is 3.49. The molecule has 0 bridgehead atoms. The third kappa shape index (κ3) is 5.46. The minimum absolute atomic E-state index is 0.248. The van der Waals surface area contributed by atoms with Crippen molar-refractivity contribution in [2.75, 3.05) is 32.3 Å². The van der Waals surface area contributed by atoms with E-state index in [0.717, 1.165) is 11.1 Å². The van der Waals surface area contributed by atoms with Gasteiger partial charge < -0.3 is 25.7 Å². The number of nitrogens with two attached hydrogens (primary N) is 2. The largest absolute Gasteiger partial charge is 0.493 e. The number of methoxy groups -OCH3 is 2. The van der Waals surface area contributed by atoms with Crippen LogP contribution >= 0.6 is 0 Å². The van der Waals surface area contributed by atoms with E-state index in [-0.39, 0.29) is 6.61 Å². The number of esters is 1. The SMILES string of the molecule is COc1ccc(/C=C/C(=O)OCCc2cc(N)cc(N)c2)cc1OC. The Morgan fingerprint density at radius 2 is 1.68 bits per heavy atom. The van der Waals surface area contributed by atoms with Crippen LogP contribution in [0.2, 0.25) is 0 Å². The lowest BCUT2D eigenvalue weighted by molar-refractivity contribution is -0.137. The van der Waals surface area contributed by atoms with Crippen LogP contribution < -0.4 is 20.9 Å². The van der Waals surface area contributed by atoms with Gasteiger partial charge in [-0.1, -0.05) is 6.07 Å². The highest BCUT2D eigenvalue weighted by Gasteiger charge is 2.04. The monoisotopic (exact) mass is 342 g/mol. The van der Waals surface area contributed by atoms with Crippen molar-refractivity contribution in [3.05, 3.63) is 53.6 Å². The van der Waals surface area contributed by atoms with Crippen molar-refractivity contribution >= 4 is 23.4 Å². The molecule has 2 rings (SSSR count). The quantitative estimate of drug-likeness (QED) is 0.456. The topological polar surface area (TPSA) is 96.8 Å². The van der Waals surface area contributed by atoms with Gasteiger partial charge in [-0.25, -0.2) is 4.79 Å². The summed E-state index contributed by atoms with van der Waals surface area (Å²) >= 11 is 0. The molecule has 0 saturated carbocycles. The maximum absolute atomic E-state index is 11.8. The van der Waals surface area contributed by atoms with Crippen molar-refractivity contribution in [2.24, 2.45) is 0 Å². The first-order valence-electron chi connectivity index (χ1n) is 7.73. The Morgan fingerprint density at radius 3 is 2.32 bits per heavy atom. The Bertz CT molecular complexity index is 752. The predicted octanol–water partition coefficient (Wildman–Crippen LogP) is 2.67. The molecule has 0 amide bonds. The molecule has 0 radical (unpaired) electrons. The fourth-order valence-electron chi connectivity index (χ4n) is 2.33. The standard InChI is InChI=1S/C19H22N2O4/c1-23-17-5-3-13(11-18(17)24-2)4-6-19(22)25-8-7-14-9-15(20)12-16(21)10-14/h3-6,9-12H,7-8,20-21H2,1-2H3/b6-4+. The van der Waals surface area contributed by atoms with Crippen molar-refractivity contribution in [3.8, 4) is 11.5 Å². The van der Waals surface area contributed by atoms with E-state index >= 15 is 0 Å². The molecule has 0 fully saturated rings. The molecule has 4 N–H and O–H groups in total. The highest BCUT2D eigenvalue weighted by Crippen LogP contribution is 2.27. The van der Waals surface area contributed by atoms with Crippen LogP contribution in [0.5, 0.6) is 11.5 Å².